The first kappa shape index (κ1) is 10.3. The minimum absolute atomic E-state index is 0.112. The number of halogens is 1. The molecule has 2 fully saturated rings. The van der Waals surface area contributed by atoms with E-state index in [0.717, 1.165) is 18.9 Å². The highest BCUT2D eigenvalue weighted by Gasteiger charge is 2.59. The normalized spacial score (nSPS) is 33.5. The van der Waals surface area contributed by atoms with Gasteiger partial charge in [0.05, 0.1) is 0 Å². The number of rotatable bonds is 3. The Morgan fingerprint density at radius 3 is 2.69 bits per heavy atom. The SMILES string of the molecule is NC[C@@H]1CC1(c1cccc(F)c1)C1CCC1. The maximum Gasteiger partial charge on any atom is 0.123 e. The molecule has 0 heterocycles. The molecule has 16 heavy (non-hydrogen) atoms. The van der Waals surface area contributed by atoms with Gasteiger partial charge in [0.25, 0.3) is 0 Å². The Morgan fingerprint density at radius 2 is 2.19 bits per heavy atom. The minimum atomic E-state index is -0.112. The third-order valence-corrected chi connectivity index (χ3v) is 4.63. The lowest BCUT2D eigenvalue weighted by molar-refractivity contribution is 0.231. The predicted molar refractivity (Wildman–Crippen MR) is 62.6 cm³/mol. The van der Waals surface area contributed by atoms with Gasteiger partial charge in [0, 0.05) is 5.41 Å². The van der Waals surface area contributed by atoms with E-state index in [-0.39, 0.29) is 11.2 Å². The van der Waals surface area contributed by atoms with Crippen molar-refractivity contribution < 1.29 is 4.39 Å². The lowest BCUT2D eigenvalue weighted by Crippen LogP contribution is -2.30. The molecule has 0 amide bonds. The summed E-state index contributed by atoms with van der Waals surface area (Å²) >= 11 is 0. The summed E-state index contributed by atoms with van der Waals surface area (Å²) in [7, 11) is 0. The summed E-state index contributed by atoms with van der Waals surface area (Å²) in [6.07, 6.45) is 5.09. The standard InChI is InChI=1S/C14H18FN/c15-13-6-2-5-11(7-13)14(8-12(14)9-16)10-3-1-4-10/h2,5-7,10,12H,1,3-4,8-9,16H2/t12-,14?/m0/s1. The van der Waals surface area contributed by atoms with Crippen LogP contribution >= 0.6 is 0 Å². The maximum absolute atomic E-state index is 13.3. The van der Waals surface area contributed by atoms with Crippen LogP contribution in [-0.4, -0.2) is 6.54 Å². The smallest absolute Gasteiger partial charge is 0.123 e. The van der Waals surface area contributed by atoms with Gasteiger partial charge in [-0.2, -0.15) is 0 Å². The second-order valence-electron chi connectivity index (χ2n) is 5.32. The minimum Gasteiger partial charge on any atom is -0.330 e. The van der Waals surface area contributed by atoms with Gasteiger partial charge in [-0.15, -0.1) is 0 Å². The molecule has 1 nitrogen and oxygen atoms in total. The van der Waals surface area contributed by atoms with E-state index >= 15 is 0 Å². The van der Waals surface area contributed by atoms with Crippen molar-refractivity contribution in [2.45, 2.75) is 31.1 Å². The first-order chi connectivity index (χ1) is 7.77. The van der Waals surface area contributed by atoms with Crippen LogP contribution in [0.1, 0.15) is 31.2 Å². The highest BCUT2D eigenvalue weighted by Crippen LogP contribution is 2.63. The molecule has 0 bridgehead atoms. The summed E-state index contributed by atoms with van der Waals surface area (Å²) in [4.78, 5) is 0. The summed E-state index contributed by atoms with van der Waals surface area (Å²) in [6, 6.07) is 7.15. The number of hydrogen-bond donors (Lipinski definition) is 1. The molecule has 2 atom stereocenters. The Hall–Kier alpha value is -0.890. The quantitative estimate of drug-likeness (QED) is 0.831. The van der Waals surface area contributed by atoms with Crippen LogP contribution in [0.15, 0.2) is 24.3 Å². The Kier molecular flexibility index (Phi) is 2.28. The van der Waals surface area contributed by atoms with E-state index in [0.29, 0.717) is 5.92 Å². The van der Waals surface area contributed by atoms with E-state index in [1.54, 1.807) is 6.07 Å². The summed E-state index contributed by atoms with van der Waals surface area (Å²) in [5.41, 5.74) is 7.23. The molecule has 0 spiro atoms. The molecule has 2 heteroatoms. The Morgan fingerprint density at radius 1 is 1.38 bits per heavy atom. The van der Waals surface area contributed by atoms with Crippen molar-refractivity contribution in [1.82, 2.24) is 0 Å². The van der Waals surface area contributed by atoms with Crippen LogP contribution in [0.2, 0.25) is 0 Å². The summed E-state index contributed by atoms with van der Waals surface area (Å²) < 4.78 is 13.3. The Balaban J connectivity index is 1.95. The second kappa shape index (κ2) is 3.56. The van der Waals surface area contributed by atoms with Gasteiger partial charge in [-0.3, -0.25) is 0 Å². The van der Waals surface area contributed by atoms with E-state index in [2.05, 4.69) is 6.07 Å². The van der Waals surface area contributed by atoms with Crippen molar-refractivity contribution in [3.63, 3.8) is 0 Å². The van der Waals surface area contributed by atoms with Crippen LogP contribution in [0.3, 0.4) is 0 Å². The molecule has 86 valence electrons. The molecule has 1 unspecified atom stereocenters. The molecule has 0 aromatic heterocycles. The highest BCUT2D eigenvalue weighted by atomic mass is 19.1. The van der Waals surface area contributed by atoms with Crippen LogP contribution < -0.4 is 5.73 Å². The molecule has 1 aromatic rings. The molecule has 0 aliphatic heterocycles. The van der Waals surface area contributed by atoms with Gasteiger partial charge in [0.15, 0.2) is 0 Å². The van der Waals surface area contributed by atoms with Gasteiger partial charge in [0.1, 0.15) is 5.82 Å². The van der Waals surface area contributed by atoms with Crippen LogP contribution in [0, 0.1) is 17.7 Å². The first-order valence-electron chi connectivity index (χ1n) is 6.23. The first-order valence-corrected chi connectivity index (χ1v) is 6.23. The van der Waals surface area contributed by atoms with Crippen molar-refractivity contribution in [1.29, 1.82) is 0 Å². The molecular formula is C14H18FN. The van der Waals surface area contributed by atoms with Gasteiger partial charge in [-0.05, 0) is 55.3 Å². The van der Waals surface area contributed by atoms with Gasteiger partial charge in [-0.25, -0.2) is 4.39 Å². The van der Waals surface area contributed by atoms with Crippen molar-refractivity contribution in [3.05, 3.63) is 35.6 Å². The van der Waals surface area contributed by atoms with Crippen LogP contribution in [-0.2, 0) is 5.41 Å². The molecule has 1 aromatic carbocycles. The van der Waals surface area contributed by atoms with E-state index in [1.165, 1.54) is 30.9 Å². The second-order valence-corrected chi connectivity index (χ2v) is 5.32. The maximum atomic E-state index is 13.3. The lowest BCUT2D eigenvalue weighted by Gasteiger charge is -2.35. The van der Waals surface area contributed by atoms with E-state index in [4.69, 9.17) is 5.73 Å². The predicted octanol–water partition coefficient (Wildman–Crippen LogP) is 2.84. The fraction of sp³-hybridized carbons (Fsp3) is 0.571. The zero-order chi connectivity index (χ0) is 11.2. The van der Waals surface area contributed by atoms with Gasteiger partial charge in [-0.1, -0.05) is 18.6 Å². The molecule has 0 saturated heterocycles. The molecule has 2 saturated carbocycles. The van der Waals surface area contributed by atoms with E-state index in [9.17, 15) is 4.39 Å². The van der Waals surface area contributed by atoms with Crippen LogP contribution in [0.4, 0.5) is 4.39 Å². The van der Waals surface area contributed by atoms with Crippen molar-refractivity contribution in [2.75, 3.05) is 6.54 Å². The van der Waals surface area contributed by atoms with Gasteiger partial charge >= 0.3 is 0 Å². The van der Waals surface area contributed by atoms with E-state index in [1.807, 2.05) is 6.07 Å². The molecule has 3 rings (SSSR count). The monoisotopic (exact) mass is 219 g/mol. The molecule has 2 N–H and O–H groups in total. The molecule has 2 aliphatic carbocycles. The molecule has 0 radical (unpaired) electrons. The zero-order valence-corrected chi connectivity index (χ0v) is 9.45. The van der Waals surface area contributed by atoms with Gasteiger partial charge < -0.3 is 5.73 Å². The number of hydrogen-bond acceptors (Lipinski definition) is 1. The molecule has 2 aliphatic rings. The van der Waals surface area contributed by atoms with E-state index < -0.39 is 0 Å². The lowest BCUT2D eigenvalue weighted by atomic mass is 9.69. The summed E-state index contributed by atoms with van der Waals surface area (Å²) in [5, 5.41) is 0. The molecular weight excluding hydrogens is 201 g/mol. The average molecular weight is 219 g/mol. The summed E-state index contributed by atoms with van der Waals surface area (Å²) in [5.74, 6) is 1.22. The Bertz CT molecular complexity index is 399. The summed E-state index contributed by atoms with van der Waals surface area (Å²) in [6.45, 7) is 0.743. The zero-order valence-electron chi connectivity index (χ0n) is 9.45. The van der Waals surface area contributed by atoms with Crippen LogP contribution in [0.25, 0.3) is 0 Å². The number of benzene rings is 1. The van der Waals surface area contributed by atoms with Crippen LogP contribution in [0.5, 0.6) is 0 Å². The fourth-order valence-electron chi connectivity index (χ4n) is 3.43. The highest BCUT2D eigenvalue weighted by molar-refractivity contribution is 5.36. The number of nitrogens with two attached hydrogens (primary N) is 1. The van der Waals surface area contributed by atoms with Gasteiger partial charge in [0.2, 0.25) is 0 Å². The topological polar surface area (TPSA) is 26.0 Å². The third-order valence-electron chi connectivity index (χ3n) is 4.63. The van der Waals surface area contributed by atoms with Crippen molar-refractivity contribution >= 4 is 0 Å². The van der Waals surface area contributed by atoms with Crippen molar-refractivity contribution in [3.8, 4) is 0 Å². The Labute approximate surface area is 95.8 Å². The third kappa shape index (κ3) is 1.32. The fourth-order valence-corrected chi connectivity index (χ4v) is 3.43. The van der Waals surface area contributed by atoms with Crippen molar-refractivity contribution in [2.24, 2.45) is 17.6 Å². The average Bonchev–Trinajstić information content (AvgIpc) is 2.91. The largest absolute Gasteiger partial charge is 0.330 e.